The van der Waals surface area contributed by atoms with Crippen molar-refractivity contribution in [2.45, 2.75) is 64.2 Å². The van der Waals surface area contributed by atoms with Crippen LogP contribution in [-0.2, 0) is 36.4 Å². The maximum absolute atomic E-state index is 14.0. The van der Waals surface area contributed by atoms with Crippen molar-refractivity contribution < 1.29 is 58.9 Å². The summed E-state index contributed by atoms with van der Waals surface area (Å²) in [6, 6.07) is 9.09. The van der Waals surface area contributed by atoms with Gasteiger partial charge in [0.15, 0.2) is 5.75 Å². The molecule has 0 saturated heterocycles. The van der Waals surface area contributed by atoms with Crippen LogP contribution in [-0.4, -0.2) is 34.8 Å². The lowest BCUT2D eigenvalue weighted by Gasteiger charge is -2.26. The Morgan fingerprint density at radius 1 is 0.784 bits per heavy atom. The molecule has 0 unspecified atom stereocenters. The first kappa shape index (κ1) is 38.8. The van der Waals surface area contributed by atoms with Crippen molar-refractivity contribution in [3.63, 3.8) is 0 Å². The molecule has 16 heteroatoms. The lowest BCUT2D eigenvalue weighted by molar-refractivity contribution is -0.143. The fourth-order valence-electron chi connectivity index (χ4n) is 5.15. The van der Waals surface area contributed by atoms with Gasteiger partial charge in [0.1, 0.15) is 5.75 Å². The molecule has 1 aromatic heterocycles. The summed E-state index contributed by atoms with van der Waals surface area (Å²) < 4.78 is 136. The smallest absolute Gasteiger partial charge is 0.416 e. The fourth-order valence-corrected chi connectivity index (χ4v) is 5.15. The molecule has 4 rings (SSSR count). The van der Waals surface area contributed by atoms with E-state index in [2.05, 4.69) is 9.97 Å². The highest BCUT2D eigenvalue weighted by Crippen LogP contribution is 2.40. The van der Waals surface area contributed by atoms with E-state index in [0.717, 1.165) is 35.0 Å². The molecule has 0 amide bonds. The number of rotatable bonds is 13. The van der Waals surface area contributed by atoms with Crippen molar-refractivity contribution in [1.29, 1.82) is 0 Å². The van der Waals surface area contributed by atoms with Gasteiger partial charge in [-0.05, 0) is 77.1 Å². The number of anilines is 1. The molecule has 0 bridgehead atoms. The Morgan fingerprint density at radius 3 is 1.92 bits per heavy atom. The van der Waals surface area contributed by atoms with Gasteiger partial charge in [0, 0.05) is 25.1 Å². The molecule has 0 spiro atoms. The van der Waals surface area contributed by atoms with Gasteiger partial charge >= 0.3 is 24.5 Å². The molecule has 3 aromatic carbocycles. The highest BCUT2D eigenvalue weighted by Gasteiger charge is 2.37. The number of methoxy groups -OCH3 is 1. The summed E-state index contributed by atoms with van der Waals surface area (Å²) in [6.07, 6.45) is -12.9. The number of aliphatic carboxylic acids is 1. The predicted molar refractivity (Wildman–Crippen MR) is 168 cm³/mol. The second-order valence-corrected chi connectivity index (χ2v) is 11.8. The number of halogens is 9. The first-order chi connectivity index (χ1) is 23.8. The van der Waals surface area contributed by atoms with Crippen molar-refractivity contribution in [3.8, 4) is 22.6 Å². The van der Waals surface area contributed by atoms with E-state index in [0.29, 0.717) is 23.4 Å². The predicted octanol–water partition coefficient (Wildman–Crippen LogP) is 9.78. The molecule has 0 saturated carbocycles. The van der Waals surface area contributed by atoms with Crippen LogP contribution in [0.2, 0.25) is 0 Å². The quantitative estimate of drug-likeness (QED) is 0.108. The second-order valence-electron chi connectivity index (χ2n) is 11.8. The van der Waals surface area contributed by atoms with Gasteiger partial charge < -0.3 is 19.5 Å². The van der Waals surface area contributed by atoms with Crippen LogP contribution in [0.1, 0.15) is 66.0 Å². The minimum Gasteiger partial charge on any atom is -0.496 e. The number of nitrogens with zero attached hydrogens (tertiary/aromatic N) is 3. The Morgan fingerprint density at radius 2 is 1.39 bits per heavy atom. The summed E-state index contributed by atoms with van der Waals surface area (Å²) in [5.74, 6) is -0.930. The molecule has 1 heterocycles. The van der Waals surface area contributed by atoms with Gasteiger partial charge in [-0.3, -0.25) is 4.79 Å². The van der Waals surface area contributed by atoms with Crippen LogP contribution in [0.3, 0.4) is 0 Å². The van der Waals surface area contributed by atoms with E-state index in [1.165, 1.54) is 13.2 Å². The number of benzene rings is 3. The Kier molecular flexibility index (Phi) is 11.8. The fraction of sp³-hybridized carbons (Fsp3) is 0.343. The van der Waals surface area contributed by atoms with Crippen molar-refractivity contribution in [1.82, 2.24) is 9.97 Å². The number of hydrogen-bond acceptors (Lipinski definition) is 6. The number of carboxylic acid groups (broad SMARTS) is 1. The molecule has 0 aliphatic rings. The van der Waals surface area contributed by atoms with Gasteiger partial charge in [-0.2, -0.15) is 39.5 Å². The van der Waals surface area contributed by atoms with E-state index >= 15 is 0 Å². The first-order valence-corrected chi connectivity index (χ1v) is 15.3. The standard InChI is InChI=1S/C35H32F9N3O4/c1-20(2)22-6-9-30(50-3)29(14-22)28-8-7-24(33(36,37)38)13-23(28)19-47(32-45-16-27(17-46-32)51-10-4-5-31(48)49)18-21-11-25(34(39,40)41)15-26(12-21)35(42,43)44/h6-9,11-17,20H,4-5,10,18-19H2,1-3H3,(H,48,49). The molecule has 4 aromatic rings. The molecule has 0 aliphatic carbocycles. The van der Waals surface area contributed by atoms with Gasteiger partial charge in [-0.15, -0.1) is 0 Å². The van der Waals surface area contributed by atoms with E-state index in [1.54, 1.807) is 18.2 Å². The van der Waals surface area contributed by atoms with Crippen LogP contribution in [0, 0.1) is 0 Å². The Hall–Kier alpha value is -5.02. The van der Waals surface area contributed by atoms with Crippen LogP contribution in [0.4, 0.5) is 45.5 Å². The van der Waals surface area contributed by atoms with Crippen molar-refractivity contribution in [2.24, 2.45) is 0 Å². The summed E-state index contributed by atoms with van der Waals surface area (Å²) in [5.41, 5.74) is -3.21. The minimum atomic E-state index is -5.15. The Balaban J connectivity index is 1.87. The average molecular weight is 730 g/mol. The lowest BCUT2D eigenvalue weighted by atomic mass is 9.92. The second kappa shape index (κ2) is 15.5. The van der Waals surface area contributed by atoms with Crippen LogP contribution < -0.4 is 14.4 Å². The summed E-state index contributed by atoms with van der Waals surface area (Å²) in [6.45, 7) is 2.58. The number of hydrogen-bond donors (Lipinski definition) is 1. The lowest BCUT2D eigenvalue weighted by Crippen LogP contribution is -2.25. The first-order valence-electron chi connectivity index (χ1n) is 15.3. The summed E-state index contributed by atoms with van der Waals surface area (Å²) in [4.78, 5) is 20.2. The average Bonchev–Trinajstić information content (AvgIpc) is 3.05. The monoisotopic (exact) mass is 729 g/mol. The highest BCUT2D eigenvalue weighted by atomic mass is 19.4. The number of carbonyl (C=O) groups is 1. The van der Waals surface area contributed by atoms with E-state index < -0.39 is 59.8 Å². The van der Waals surface area contributed by atoms with E-state index in [-0.39, 0.29) is 54.3 Å². The van der Waals surface area contributed by atoms with E-state index in [9.17, 15) is 44.3 Å². The number of aromatic nitrogens is 2. The van der Waals surface area contributed by atoms with Gasteiger partial charge in [-0.25, -0.2) is 9.97 Å². The molecular weight excluding hydrogens is 697 g/mol. The zero-order chi connectivity index (χ0) is 37.7. The van der Waals surface area contributed by atoms with Crippen molar-refractivity contribution in [3.05, 3.63) is 100 Å². The Labute approximate surface area is 286 Å². The van der Waals surface area contributed by atoms with Gasteiger partial charge in [-0.1, -0.05) is 26.0 Å². The van der Waals surface area contributed by atoms with Crippen LogP contribution in [0.5, 0.6) is 11.5 Å². The van der Waals surface area contributed by atoms with Gasteiger partial charge in [0.05, 0.1) is 42.8 Å². The zero-order valence-corrected chi connectivity index (χ0v) is 27.4. The summed E-state index contributed by atoms with van der Waals surface area (Å²) in [5, 5.41) is 8.81. The molecule has 0 fully saturated rings. The zero-order valence-electron chi connectivity index (χ0n) is 27.4. The van der Waals surface area contributed by atoms with E-state index in [1.807, 2.05) is 13.8 Å². The largest absolute Gasteiger partial charge is 0.496 e. The molecule has 1 N–H and O–H groups in total. The van der Waals surface area contributed by atoms with Crippen molar-refractivity contribution >= 4 is 11.9 Å². The topological polar surface area (TPSA) is 84.8 Å². The molecule has 0 atom stereocenters. The molecule has 0 radical (unpaired) electrons. The van der Waals surface area contributed by atoms with Crippen LogP contribution >= 0.6 is 0 Å². The Bertz CT molecular complexity index is 1790. The van der Waals surface area contributed by atoms with Crippen molar-refractivity contribution in [2.75, 3.05) is 18.6 Å². The van der Waals surface area contributed by atoms with E-state index in [4.69, 9.17) is 14.6 Å². The third-order valence-corrected chi connectivity index (χ3v) is 7.70. The normalized spacial score (nSPS) is 12.3. The molecule has 0 aliphatic heterocycles. The minimum absolute atomic E-state index is 0.00560. The maximum atomic E-state index is 14.0. The summed E-state index contributed by atoms with van der Waals surface area (Å²) in [7, 11) is 1.37. The summed E-state index contributed by atoms with van der Waals surface area (Å²) >= 11 is 0. The highest BCUT2D eigenvalue weighted by molar-refractivity contribution is 5.75. The number of alkyl halides is 9. The molecule has 274 valence electrons. The third-order valence-electron chi connectivity index (χ3n) is 7.70. The SMILES string of the molecule is COc1ccc(C(C)C)cc1-c1ccc(C(F)(F)F)cc1CN(Cc1cc(C(F)(F)F)cc(C(F)(F)F)c1)c1ncc(OCCCC(=O)O)cn1. The number of ether oxygens (including phenoxy) is 2. The maximum Gasteiger partial charge on any atom is 0.416 e. The van der Waals surface area contributed by atoms with Gasteiger partial charge in [0.25, 0.3) is 0 Å². The van der Waals surface area contributed by atoms with Gasteiger partial charge in [0.2, 0.25) is 5.95 Å². The molecule has 7 nitrogen and oxygen atoms in total. The van der Waals surface area contributed by atoms with Crippen LogP contribution in [0.25, 0.3) is 11.1 Å². The molecular formula is C35H32F9N3O4. The molecule has 51 heavy (non-hydrogen) atoms. The number of carboxylic acids is 1. The third kappa shape index (κ3) is 10.3. The van der Waals surface area contributed by atoms with Crippen LogP contribution in [0.15, 0.2) is 67.0 Å².